The lowest BCUT2D eigenvalue weighted by molar-refractivity contribution is 0.0695. The Morgan fingerprint density at radius 1 is 1.33 bits per heavy atom. The number of amides is 2. The first-order valence-corrected chi connectivity index (χ1v) is 8.79. The van der Waals surface area contributed by atoms with Crippen molar-refractivity contribution in [1.82, 2.24) is 4.90 Å². The van der Waals surface area contributed by atoms with Crippen molar-refractivity contribution in [3.63, 3.8) is 0 Å². The first kappa shape index (κ1) is 17.8. The lowest BCUT2D eigenvalue weighted by atomic mass is 10.2. The molecule has 0 spiro atoms. The van der Waals surface area contributed by atoms with Crippen molar-refractivity contribution < 1.29 is 14.7 Å². The summed E-state index contributed by atoms with van der Waals surface area (Å²) in [5.74, 6) is -0.0979. The minimum absolute atomic E-state index is 0.204. The number of urea groups is 1. The number of thioether (sulfide) groups is 1. The number of hydrogen-bond acceptors (Lipinski definition) is 4. The lowest BCUT2D eigenvalue weighted by Crippen LogP contribution is -2.27. The number of hydrogen-bond donors (Lipinski definition) is 2. The summed E-state index contributed by atoms with van der Waals surface area (Å²) in [5.41, 5.74) is 0.204. The van der Waals surface area contributed by atoms with Crippen molar-refractivity contribution in [2.24, 2.45) is 0 Å². The van der Waals surface area contributed by atoms with Crippen LogP contribution in [0.3, 0.4) is 0 Å². The largest absolute Gasteiger partial charge is 0.478 e. The molecule has 0 unspecified atom stereocenters. The molecule has 0 radical (unpaired) electrons. The van der Waals surface area contributed by atoms with Crippen LogP contribution in [0.1, 0.15) is 43.0 Å². The summed E-state index contributed by atoms with van der Waals surface area (Å²) in [4.78, 5) is 25.2. The van der Waals surface area contributed by atoms with Gasteiger partial charge in [0.25, 0.3) is 0 Å². The second-order valence-electron chi connectivity index (χ2n) is 4.84. The number of unbranched alkanes of at least 4 members (excludes halogenated alkanes) is 3. The van der Waals surface area contributed by atoms with Crippen LogP contribution in [-0.2, 0) is 0 Å². The van der Waals surface area contributed by atoms with E-state index in [2.05, 4.69) is 12.2 Å². The Hall–Kier alpha value is -1.21. The zero-order chi connectivity index (χ0) is 15.8. The Morgan fingerprint density at radius 3 is 2.62 bits per heavy atom. The Labute approximate surface area is 133 Å². The Kier molecular flexibility index (Phi) is 7.60. The van der Waals surface area contributed by atoms with E-state index >= 15 is 0 Å². The highest BCUT2D eigenvalue weighted by atomic mass is 32.2. The van der Waals surface area contributed by atoms with Gasteiger partial charge in [-0.1, -0.05) is 26.2 Å². The highest BCUT2D eigenvalue weighted by molar-refractivity contribution is 7.99. The fraction of sp³-hybridized carbons (Fsp3) is 0.571. The molecule has 1 aromatic rings. The summed E-state index contributed by atoms with van der Waals surface area (Å²) < 4.78 is 0. The van der Waals surface area contributed by atoms with Crippen LogP contribution in [0, 0.1) is 0 Å². The number of aromatic carboxylic acids is 1. The standard InChI is InChI=1S/C14H22N2O3S2/c1-4-5-6-7-8-20-10-9-21-12(11(10)13(17)18)15-14(19)16(2)3/h9H,4-8H2,1-3H3,(H,15,19)(H,17,18). The predicted molar refractivity (Wildman–Crippen MR) is 88.9 cm³/mol. The van der Waals surface area contributed by atoms with Crippen LogP contribution in [0.25, 0.3) is 0 Å². The molecule has 0 saturated carbocycles. The van der Waals surface area contributed by atoms with E-state index in [-0.39, 0.29) is 11.6 Å². The van der Waals surface area contributed by atoms with Gasteiger partial charge < -0.3 is 10.0 Å². The van der Waals surface area contributed by atoms with Gasteiger partial charge in [0.15, 0.2) is 0 Å². The smallest absolute Gasteiger partial charge is 0.339 e. The molecular formula is C14H22N2O3S2. The molecule has 1 rings (SSSR count). The summed E-state index contributed by atoms with van der Waals surface area (Å²) in [6, 6.07) is -0.321. The molecule has 0 aliphatic rings. The fourth-order valence-electron chi connectivity index (χ4n) is 1.66. The number of carbonyl (C=O) groups is 2. The molecule has 2 N–H and O–H groups in total. The molecule has 0 aliphatic heterocycles. The van der Waals surface area contributed by atoms with Crippen LogP contribution in [0.5, 0.6) is 0 Å². The van der Waals surface area contributed by atoms with Gasteiger partial charge in [-0.2, -0.15) is 0 Å². The third kappa shape index (κ3) is 5.59. The van der Waals surface area contributed by atoms with Gasteiger partial charge in [-0.3, -0.25) is 5.32 Å². The zero-order valence-electron chi connectivity index (χ0n) is 12.6. The topological polar surface area (TPSA) is 69.6 Å². The van der Waals surface area contributed by atoms with E-state index in [1.807, 2.05) is 0 Å². The van der Waals surface area contributed by atoms with Crippen LogP contribution in [0.4, 0.5) is 9.80 Å². The Morgan fingerprint density at radius 2 is 2.05 bits per heavy atom. The van der Waals surface area contributed by atoms with Crippen LogP contribution >= 0.6 is 23.1 Å². The van der Waals surface area contributed by atoms with E-state index in [4.69, 9.17) is 0 Å². The van der Waals surface area contributed by atoms with Crippen LogP contribution in [0.15, 0.2) is 10.3 Å². The fourth-order valence-corrected chi connectivity index (χ4v) is 3.85. The van der Waals surface area contributed by atoms with E-state index in [0.29, 0.717) is 5.00 Å². The third-order valence-corrected chi connectivity index (χ3v) is 5.02. The first-order valence-electron chi connectivity index (χ1n) is 6.93. The van der Waals surface area contributed by atoms with Gasteiger partial charge in [0.1, 0.15) is 10.6 Å². The summed E-state index contributed by atoms with van der Waals surface area (Å²) in [7, 11) is 3.24. The molecule has 21 heavy (non-hydrogen) atoms. The summed E-state index contributed by atoms with van der Waals surface area (Å²) in [6.45, 7) is 2.16. The van der Waals surface area contributed by atoms with Gasteiger partial charge in [-0.15, -0.1) is 23.1 Å². The van der Waals surface area contributed by atoms with Gasteiger partial charge in [0, 0.05) is 24.4 Å². The first-order chi connectivity index (χ1) is 9.97. The highest BCUT2D eigenvalue weighted by Gasteiger charge is 2.20. The third-order valence-electron chi connectivity index (χ3n) is 2.85. The molecule has 7 heteroatoms. The number of nitrogens with one attached hydrogen (secondary N) is 1. The monoisotopic (exact) mass is 330 g/mol. The molecule has 1 aromatic heterocycles. The molecule has 0 fully saturated rings. The normalized spacial score (nSPS) is 10.4. The minimum Gasteiger partial charge on any atom is -0.478 e. The number of anilines is 1. The summed E-state index contributed by atoms with van der Waals surface area (Å²) >= 11 is 2.81. The quantitative estimate of drug-likeness (QED) is 0.553. The van der Waals surface area contributed by atoms with E-state index in [0.717, 1.165) is 17.1 Å². The van der Waals surface area contributed by atoms with Crippen molar-refractivity contribution in [1.29, 1.82) is 0 Å². The highest BCUT2D eigenvalue weighted by Crippen LogP contribution is 2.35. The van der Waals surface area contributed by atoms with Crippen LogP contribution in [0.2, 0.25) is 0 Å². The molecule has 1 heterocycles. The molecule has 0 aromatic carbocycles. The van der Waals surface area contributed by atoms with Gasteiger partial charge in [0.05, 0.1) is 0 Å². The van der Waals surface area contributed by atoms with Crippen molar-refractivity contribution in [3.8, 4) is 0 Å². The maximum Gasteiger partial charge on any atom is 0.339 e. The number of carbonyl (C=O) groups excluding carboxylic acids is 1. The van der Waals surface area contributed by atoms with Gasteiger partial charge >= 0.3 is 12.0 Å². The van der Waals surface area contributed by atoms with E-state index in [1.165, 1.54) is 35.5 Å². The summed E-state index contributed by atoms with van der Waals surface area (Å²) in [5, 5.41) is 14.2. The van der Waals surface area contributed by atoms with E-state index in [1.54, 1.807) is 31.2 Å². The van der Waals surface area contributed by atoms with E-state index < -0.39 is 5.97 Å². The zero-order valence-corrected chi connectivity index (χ0v) is 14.3. The summed E-state index contributed by atoms with van der Waals surface area (Å²) in [6.07, 6.45) is 4.64. The van der Waals surface area contributed by atoms with Crippen molar-refractivity contribution in [3.05, 3.63) is 10.9 Å². The molecule has 0 atom stereocenters. The number of thiophene rings is 1. The van der Waals surface area contributed by atoms with E-state index in [9.17, 15) is 14.7 Å². The number of carboxylic acids is 1. The lowest BCUT2D eigenvalue weighted by Gasteiger charge is -2.11. The van der Waals surface area contributed by atoms with Crippen LogP contribution < -0.4 is 5.32 Å². The molecule has 0 bridgehead atoms. The molecule has 5 nitrogen and oxygen atoms in total. The maximum absolute atomic E-state index is 11.7. The molecular weight excluding hydrogens is 308 g/mol. The Balaban J connectivity index is 2.70. The van der Waals surface area contributed by atoms with Gasteiger partial charge in [-0.05, 0) is 12.2 Å². The molecule has 0 saturated heterocycles. The maximum atomic E-state index is 11.7. The molecule has 0 aliphatic carbocycles. The van der Waals surface area contributed by atoms with Crippen molar-refractivity contribution in [2.45, 2.75) is 37.5 Å². The average Bonchev–Trinajstić information content (AvgIpc) is 2.81. The average molecular weight is 330 g/mol. The number of nitrogens with zero attached hydrogens (tertiary/aromatic N) is 1. The van der Waals surface area contributed by atoms with Crippen molar-refractivity contribution in [2.75, 3.05) is 25.2 Å². The second kappa shape index (κ2) is 8.94. The SMILES string of the molecule is CCCCCCSc1csc(NC(=O)N(C)C)c1C(=O)O. The Bertz CT molecular complexity index is 487. The number of carboxylic acid groups (broad SMARTS) is 1. The molecule has 118 valence electrons. The van der Waals surface area contributed by atoms with Crippen LogP contribution in [-0.4, -0.2) is 41.9 Å². The minimum atomic E-state index is -0.999. The van der Waals surface area contributed by atoms with Crippen molar-refractivity contribution >= 4 is 40.1 Å². The predicted octanol–water partition coefficient (Wildman–Crippen LogP) is 4.21. The second-order valence-corrected chi connectivity index (χ2v) is 6.86. The van der Waals surface area contributed by atoms with Gasteiger partial charge in [0.2, 0.25) is 0 Å². The number of rotatable bonds is 8. The van der Waals surface area contributed by atoms with Gasteiger partial charge in [-0.25, -0.2) is 9.59 Å². The molecule has 2 amide bonds.